The second-order valence-electron chi connectivity index (χ2n) is 9.39. The van der Waals surface area contributed by atoms with Gasteiger partial charge in [0.15, 0.2) is 0 Å². The molecule has 1 atom stereocenters. The molecule has 0 N–H and O–H groups in total. The van der Waals surface area contributed by atoms with Crippen LogP contribution in [-0.2, 0) is 9.53 Å². The molecule has 0 radical (unpaired) electrons. The van der Waals surface area contributed by atoms with Gasteiger partial charge in [0.25, 0.3) is 0 Å². The van der Waals surface area contributed by atoms with E-state index in [2.05, 4.69) is 56.3 Å². The Hall–Kier alpha value is -2.09. The minimum absolute atomic E-state index is 0.0570. The van der Waals surface area contributed by atoms with E-state index in [9.17, 15) is 4.79 Å². The van der Waals surface area contributed by atoms with Crippen molar-refractivity contribution < 1.29 is 9.53 Å². The maximum absolute atomic E-state index is 12.7. The van der Waals surface area contributed by atoms with Gasteiger partial charge in [0, 0.05) is 12.0 Å². The molecule has 0 bridgehead atoms. The lowest BCUT2D eigenvalue weighted by Crippen LogP contribution is -2.13. The maximum atomic E-state index is 12.7. The molecule has 1 aliphatic carbocycles. The highest BCUT2D eigenvalue weighted by atomic mass is 16.5. The van der Waals surface area contributed by atoms with E-state index >= 15 is 0 Å². The van der Waals surface area contributed by atoms with Crippen LogP contribution >= 0.6 is 0 Å². The Morgan fingerprint density at radius 3 is 2.12 bits per heavy atom. The average Bonchev–Trinajstić information content (AvgIpc) is 2.81. The van der Waals surface area contributed by atoms with Crippen molar-refractivity contribution in [2.75, 3.05) is 0 Å². The monoisotopic (exact) mass is 434 g/mol. The largest absolute Gasteiger partial charge is 0.453 e. The van der Waals surface area contributed by atoms with E-state index in [0.717, 1.165) is 24.8 Å². The molecule has 2 aromatic carbocycles. The molecule has 3 rings (SSSR count). The van der Waals surface area contributed by atoms with Gasteiger partial charge in [0.1, 0.15) is 6.10 Å². The molecule has 2 aromatic rings. The van der Waals surface area contributed by atoms with Gasteiger partial charge in [0.05, 0.1) is 0 Å². The number of hydrogen-bond donors (Lipinski definition) is 0. The van der Waals surface area contributed by atoms with Crippen LogP contribution in [0.3, 0.4) is 0 Å². The van der Waals surface area contributed by atoms with Crippen LogP contribution in [0.15, 0.2) is 42.5 Å². The molecule has 1 unspecified atom stereocenters. The van der Waals surface area contributed by atoms with Crippen molar-refractivity contribution in [3.8, 4) is 0 Å². The first-order chi connectivity index (χ1) is 15.7. The number of benzene rings is 2. The standard InChI is InChI=1S/C30H42O2/c1-3-5-7-9-10-12-14-22-29(31)32-28-23-25(17-13-11-8-6-4-2)26-20-15-18-24-19-16-21-27(28)30(24)26/h15-16,18-21,23,28H,3-14,17,22H2,1-2H3. The zero-order chi connectivity index (χ0) is 22.6. The van der Waals surface area contributed by atoms with Crippen molar-refractivity contribution in [3.63, 3.8) is 0 Å². The second kappa shape index (κ2) is 13.5. The first-order valence-electron chi connectivity index (χ1n) is 13.2. The number of hydrogen-bond acceptors (Lipinski definition) is 2. The van der Waals surface area contributed by atoms with Gasteiger partial charge in [-0.15, -0.1) is 0 Å². The van der Waals surface area contributed by atoms with Crippen LogP contribution in [0.4, 0.5) is 0 Å². The molecule has 0 spiro atoms. The van der Waals surface area contributed by atoms with Gasteiger partial charge in [-0.2, -0.15) is 0 Å². The maximum Gasteiger partial charge on any atom is 0.306 e. The molecule has 1 aliphatic rings. The van der Waals surface area contributed by atoms with Crippen LogP contribution < -0.4 is 0 Å². The molecule has 0 aromatic heterocycles. The predicted octanol–water partition coefficient (Wildman–Crippen LogP) is 9.32. The third kappa shape index (κ3) is 6.95. The zero-order valence-electron chi connectivity index (χ0n) is 20.3. The molecule has 0 amide bonds. The summed E-state index contributed by atoms with van der Waals surface area (Å²) in [5.41, 5.74) is 3.81. The molecule has 174 valence electrons. The number of esters is 1. The van der Waals surface area contributed by atoms with Gasteiger partial charge in [-0.1, -0.05) is 114 Å². The summed E-state index contributed by atoms with van der Waals surface area (Å²) in [5.74, 6) is -0.0570. The quantitative estimate of drug-likeness (QED) is 0.206. The van der Waals surface area contributed by atoms with Crippen LogP contribution in [0.1, 0.15) is 121 Å². The number of allylic oxidation sites excluding steroid dienone is 1. The number of unbranched alkanes of at least 4 members (excludes halogenated alkanes) is 10. The Bertz CT molecular complexity index is 874. The number of carbonyl (C=O) groups is 1. The molecule has 0 saturated heterocycles. The van der Waals surface area contributed by atoms with E-state index in [1.807, 2.05) is 0 Å². The van der Waals surface area contributed by atoms with Crippen molar-refractivity contribution in [3.05, 3.63) is 53.6 Å². The third-order valence-corrected chi connectivity index (χ3v) is 6.73. The molecule has 32 heavy (non-hydrogen) atoms. The zero-order valence-corrected chi connectivity index (χ0v) is 20.3. The Morgan fingerprint density at radius 1 is 0.781 bits per heavy atom. The van der Waals surface area contributed by atoms with Crippen LogP contribution in [0, 0.1) is 0 Å². The van der Waals surface area contributed by atoms with Crippen molar-refractivity contribution in [1.82, 2.24) is 0 Å². The van der Waals surface area contributed by atoms with Crippen LogP contribution in [0.5, 0.6) is 0 Å². The molecular weight excluding hydrogens is 392 g/mol. The van der Waals surface area contributed by atoms with E-state index in [1.165, 1.54) is 86.1 Å². The van der Waals surface area contributed by atoms with Crippen molar-refractivity contribution in [2.24, 2.45) is 0 Å². The molecule has 2 nitrogen and oxygen atoms in total. The van der Waals surface area contributed by atoms with Crippen molar-refractivity contribution in [2.45, 2.75) is 110 Å². The Balaban J connectivity index is 1.62. The summed E-state index contributed by atoms with van der Waals surface area (Å²) in [6.07, 6.45) is 18.4. The molecular formula is C30H42O2. The smallest absolute Gasteiger partial charge is 0.306 e. The first kappa shape index (κ1) is 24.6. The lowest BCUT2D eigenvalue weighted by atomic mass is 9.84. The highest BCUT2D eigenvalue weighted by Crippen LogP contribution is 2.41. The van der Waals surface area contributed by atoms with E-state index < -0.39 is 0 Å². The van der Waals surface area contributed by atoms with Gasteiger partial charge in [-0.25, -0.2) is 0 Å². The fourth-order valence-electron chi connectivity index (χ4n) is 4.90. The summed E-state index contributed by atoms with van der Waals surface area (Å²) in [6, 6.07) is 12.9. The lowest BCUT2D eigenvalue weighted by molar-refractivity contribution is -0.147. The van der Waals surface area contributed by atoms with Crippen LogP contribution in [0.2, 0.25) is 0 Å². The Labute approximate surface area is 195 Å². The van der Waals surface area contributed by atoms with Crippen LogP contribution in [0.25, 0.3) is 16.3 Å². The SMILES string of the molecule is CCCCCCCCCC(=O)OC1C=C(CCCCCCC)c2cccc3cccc1c23. The van der Waals surface area contributed by atoms with Crippen LogP contribution in [-0.4, -0.2) is 5.97 Å². The summed E-state index contributed by atoms with van der Waals surface area (Å²) in [5, 5.41) is 2.51. The molecule has 2 heteroatoms. The number of ether oxygens (including phenoxy) is 1. The van der Waals surface area contributed by atoms with Gasteiger partial charge in [-0.3, -0.25) is 4.79 Å². The number of rotatable bonds is 15. The highest BCUT2D eigenvalue weighted by Gasteiger charge is 2.24. The Kier molecular flexibility index (Phi) is 10.3. The summed E-state index contributed by atoms with van der Waals surface area (Å²) < 4.78 is 6.04. The minimum Gasteiger partial charge on any atom is -0.453 e. The van der Waals surface area contributed by atoms with E-state index in [0.29, 0.717) is 6.42 Å². The number of carbonyl (C=O) groups excluding carboxylic acids is 1. The van der Waals surface area contributed by atoms with Gasteiger partial charge in [-0.05, 0) is 47.2 Å². The topological polar surface area (TPSA) is 26.3 Å². The van der Waals surface area contributed by atoms with Gasteiger partial charge in [0.2, 0.25) is 0 Å². The lowest BCUT2D eigenvalue weighted by Gasteiger charge is -2.25. The van der Waals surface area contributed by atoms with E-state index in [4.69, 9.17) is 4.74 Å². The predicted molar refractivity (Wildman–Crippen MR) is 137 cm³/mol. The molecule has 0 saturated carbocycles. The summed E-state index contributed by atoms with van der Waals surface area (Å²) in [7, 11) is 0. The van der Waals surface area contributed by atoms with Crippen molar-refractivity contribution >= 4 is 22.3 Å². The fourth-order valence-corrected chi connectivity index (χ4v) is 4.90. The molecule has 0 heterocycles. The van der Waals surface area contributed by atoms with E-state index in [-0.39, 0.29) is 12.1 Å². The van der Waals surface area contributed by atoms with E-state index in [1.54, 1.807) is 0 Å². The van der Waals surface area contributed by atoms with Gasteiger partial charge < -0.3 is 4.74 Å². The average molecular weight is 435 g/mol. The normalized spacial score (nSPS) is 15.1. The summed E-state index contributed by atoms with van der Waals surface area (Å²) >= 11 is 0. The Morgan fingerprint density at radius 2 is 1.41 bits per heavy atom. The summed E-state index contributed by atoms with van der Waals surface area (Å²) in [4.78, 5) is 12.7. The second-order valence-corrected chi connectivity index (χ2v) is 9.39. The molecule has 0 aliphatic heterocycles. The first-order valence-corrected chi connectivity index (χ1v) is 13.2. The molecule has 0 fully saturated rings. The van der Waals surface area contributed by atoms with Crippen molar-refractivity contribution in [1.29, 1.82) is 0 Å². The highest BCUT2D eigenvalue weighted by molar-refractivity contribution is 5.98. The van der Waals surface area contributed by atoms with Gasteiger partial charge >= 0.3 is 5.97 Å². The minimum atomic E-state index is -0.253. The summed E-state index contributed by atoms with van der Waals surface area (Å²) in [6.45, 7) is 4.50. The fraction of sp³-hybridized carbons (Fsp3) is 0.567. The third-order valence-electron chi connectivity index (χ3n) is 6.73.